The van der Waals surface area contributed by atoms with E-state index in [4.69, 9.17) is 0 Å². The first kappa shape index (κ1) is 12.1. The van der Waals surface area contributed by atoms with Gasteiger partial charge in [0.05, 0.1) is 18.8 Å². The Labute approximate surface area is 101 Å². The second-order valence-electron chi connectivity index (χ2n) is 4.28. The van der Waals surface area contributed by atoms with Crippen LogP contribution in [0.5, 0.6) is 0 Å². The molecular formula is C11H19N5O. The van der Waals surface area contributed by atoms with E-state index in [-0.39, 0.29) is 11.9 Å². The molecule has 0 aromatic carbocycles. The van der Waals surface area contributed by atoms with Crippen molar-refractivity contribution in [1.29, 1.82) is 0 Å². The standard InChI is InChI=1S/C11H19N5O/c1-9-6-15-16(8-9)5-4-14-11(17)10-7-12-2-3-13-10/h6,8,10,12-13H,2-5,7H2,1H3,(H,14,17). The number of hydrogen-bond donors (Lipinski definition) is 3. The minimum atomic E-state index is -0.108. The number of aryl methyl sites for hydroxylation is 1. The lowest BCUT2D eigenvalue weighted by Crippen LogP contribution is -2.55. The van der Waals surface area contributed by atoms with Gasteiger partial charge in [-0.05, 0) is 12.5 Å². The van der Waals surface area contributed by atoms with Crippen LogP contribution in [0, 0.1) is 6.92 Å². The van der Waals surface area contributed by atoms with Crippen molar-refractivity contribution in [1.82, 2.24) is 25.7 Å². The Bertz CT molecular complexity index is 370. The number of nitrogens with one attached hydrogen (secondary N) is 3. The molecule has 0 radical (unpaired) electrons. The smallest absolute Gasteiger partial charge is 0.238 e. The van der Waals surface area contributed by atoms with Crippen LogP contribution in [0.15, 0.2) is 12.4 Å². The van der Waals surface area contributed by atoms with Gasteiger partial charge in [0.2, 0.25) is 5.91 Å². The van der Waals surface area contributed by atoms with Gasteiger partial charge < -0.3 is 16.0 Å². The molecular weight excluding hydrogens is 218 g/mol. The van der Waals surface area contributed by atoms with Crippen molar-refractivity contribution < 1.29 is 4.79 Å². The van der Waals surface area contributed by atoms with Crippen molar-refractivity contribution in [2.24, 2.45) is 0 Å². The largest absolute Gasteiger partial charge is 0.353 e. The number of hydrogen-bond acceptors (Lipinski definition) is 4. The van der Waals surface area contributed by atoms with Crippen LogP contribution in [0.3, 0.4) is 0 Å². The van der Waals surface area contributed by atoms with Crippen LogP contribution in [0.2, 0.25) is 0 Å². The average Bonchev–Trinajstić information content (AvgIpc) is 2.76. The van der Waals surface area contributed by atoms with Crippen LogP contribution in [-0.4, -0.2) is 47.9 Å². The van der Waals surface area contributed by atoms with Crippen LogP contribution < -0.4 is 16.0 Å². The van der Waals surface area contributed by atoms with Crippen LogP contribution in [0.25, 0.3) is 0 Å². The van der Waals surface area contributed by atoms with E-state index >= 15 is 0 Å². The van der Waals surface area contributed by atoms with Gasteiger partial charge in [-0.1, -0.05) is 0 Å². The number of amides is 1. The summed E-state index contributed by atoms with van der Waals surface area (Å²) in [6, 6.07) is -0.108. The van der Waals surface area contributed by atoms with Crippen LogP contribution in [-0.2, 0) is 11.3 Å². The Kier molecular flexibility index (Phi) is 4.11. The molecule has 0 bridgehead atoms. The van der Waals surface area contributed by atoms with E-state index in [2.05, 4.69) is 21.0 Å². The Morgan fingerprint density at radius 2 is 2.53 bits per heavy atom. The topological polar surface area (TPSA) is 71.0 Å². The lowest BCUT2D eigenvalue weighted by atomic mass is 10.2. The third-order valence-electron chi connectivity index (χ3n) is 2.76. The van der Waals surface area contributed by atoms with Crippen molar-refractivity contribution in [2.75, 3.05) is 26.2 Å². The lowest BCUT2D eigenvalue weighted by molar-refractivity contribution is -0.123. The summed E-state index contributed by atoms with van der Waals surface area (Å²) in [6.07, 6.45) is 3.78. The molecule has 2 heterocycles. The molecule has 0 spiro atoms. The molecule has 17 heavy (non-hydrogen) atoms. The molecule has 1 aliphatic rings. The summed E-state index contributed by atoms with van der Waals surface area (Å²) in [7, 11) is 0. The van der Waals surface area contributed by atoms with Gasteiger partial charge in [-0.15, -0.1) is 0 Å². The van der Waals surface area contributed by atoms with Gasteiger partial charge in [0.15, 0.2) is 0 Å². The minimum absolute atomic E-state index is 0.0566. The van der Waals surface area contributed by atoms with Crippen molar-refractivity contribution in [3.8, 4) is 0 Å². The fourth-order valence-electron chi connectivity index (χ4n) is 1.84. The van der Waals surface area contributed by atoms with E-state index in [0.717, 1.165) is 18.7 Å². The second-order valence-corrected chi connectivity index (χ2v) is 4.28. The summed E-state index contributed by atoms with van der Waals surface area (Å²) in [5.74, 6) is 0.0566. The molecule has 2 rings (SSSR count). The maximum atomic E-state index is 11.8. The summed E-state index contributed by atoms with van der Waals surface area (Å²) in [6.45, 7) is 5.79. The fraction of sp³-hybridized carbons (Fsp3) is 0.636. The Hall–Kier alpha value is -1.40. The maximum Gasteiger partial charge on any atom is 0.238 e. The zero-order chi connectivity index (χ0) is 12.1. The predicted octanol–water partition coefficient (Wildman–Crippen LogP) is -1.13. The summed E-state index contributed by atoms with van der Waals surface area (Å²) in [5.41, 5.74) is 1.13. The van der Waals surface area contributed by atoms with Gasteiger partial charge in [0, 0.05) is 32.4 Å². The van der Waals surface area contributed by atoms with Gasteiger partial charge in [-0.2, -0.15) is 5.10 Å². The highest BCUT2D eigenvalue weighted by Crippen LogP contribution is 1.93. The number of aromatic nitrogens is 2. The summed E-state index contributed by atoms with van der Waals surface area (Å²) in [5, 5.41) is 13.4. The molecule has 94 valence electrons. The monoisotopic (exact) mass is 237 g/mol. The Morgan fingerprint density at radius 3 is 3.18 bits per heavy atom. The maximum absolute atomic E-state index is 11.8. The quantitative estimate of drug-likeness (QED) is 0.620. The van der Waals surface area contributed by atoms with E-state index in [9.17, 15) is 4.79 Å². The molecule has 0 aliphatic carbocycles. The van der Waals surface area contributed by atoms with E-state index in [1.165, 1.54) is 0 Å². The predicted molar refractivity (Wildman–Crippen MR) is 64.6 cm³/mol. The first-order chi connectivity index (χ1) is 8.25. The number of carbonyl (C=O) groups is 1. The first-order valence-corrected chi connectivity index (χ1v) is 5.96. The normalized spacial score (nSPS) is 20.2. The highest BCUT2D eigenvalue weighted by atomic mass is 16.2. The molecule has 0 saturated carbocycles. The van der Waals surface area contributed by atoms with Crippen LogP contribution in [0.4, 0.5) is 0 Å². The minimum Gasteiger partial charge on any atom is -0.353 e. The van der Waals surface area contributed by atoms with E-state index in [0.29, 0.717) is 19.6 Å². The third-order valence-corrected chi connectivity index (χ3v) is 2.76. The Balaban J connectivity index is 1.69. The van der Waals surface area contributed by atoms with Crippen LogP contribution in [0.1, 0.15) is 5.56 Å². The van der Waals surface area contributed by atoms with Gasteiger partial charge in [0.1, 0.15) is 0 Å². The number of piperazine rings is 1. The molecule has 1 fully saturated rings. The van der Waals surface area contributed by atoms with Gasteiger partial charge >= 0.3 is 0 Å². The highest BCUT2D eigenvalue weighted by molar-refractivity contribution is 5.82. The summed E-state index contributed by atoms with van der Waals surface area (Å²) >= 11 is 0. The molecule has 1 aromatic rings. The van der Waals surface area contributed by atoms with Crippen molar-refractivity contribution >= 4 is 5.91 Å². The first-order valence-electron chi connectivity index (χ1n) is 5.96. The van der Waals surface area contributed by atoms with Crippen molar-refractivity contribution in [3.05, 3.63) is 18.0 Å². The molecule has 1 unspecified atom stereocenters. The fourth-order valence-corrected chi connectivity index (χ4v) is 1.84. The van der Waals surface area contributed by atoms with Gasteiger partial charge in [-0.25, -0.2) is 0 Å². The van der Waals surface area contributed by atoms with E-state index in [1.54, 1.807) is 0 Å². The molecule has 1 amide bonds. The lowest BCUT2D eigenvalue weighted by Gasteiger charge is -2.23. The van der Waals surface area contributed by atoms with E-state index < -0.39 is 0 Å². The zero-order valence-corrected chi connectivity index (χ0v) is 10.1. The number of nitrogens with zero attached hydrogens (tertiary/aromatic N) is 2. The van der Waals surface area contributed by atoms with Crippen molar-refractivity contribution in [3.63, 3.8) is 0 Å². The molecule has 6 heteroatoms. The summed E-state index contributed by atoms with van der Waals surface area (Å²) < 4.78 is 1.84. The Morgan fingerprint density at radius 1 is 1.65 bits per heavy atom. The number of carbonyl (C=O) groups excluding carboxylic acids is 1. The van der Waals surface area contributed by atoms with Gasteiger partial charge in [0.25, 0.3) is 0 Å². The van der Waals surface area contributed by atoms with Gasteiger partial charge in [-0.3, -0.25) is 9.48 Å². The molecule has 1 aromatic heterocycles. The number of rotatable bonds is 4. The highest BCUT2D eigenvalue weighted by Gasteiger charge is 2.19. The zero-order valence-electron chi connectivity index (χ0n) is 10.1. The SMILES string of the molecule is Cc1cnn(CCNC(=O)C2CNCCN2)c1. The molecule has 1 saturated heterocycles. The summed E-state index contributed by atoms with van der Waals surface area (Å²) in [4.78, 5) is 11.8. The van der Waals surface area contributed by atoms with Crippen LogP contribution >= 0.6 is 0 Å². The molecule has 1 atom stereocenters. The molecule has 6 nitrogen and oxygen atoms in total. The second kappa shape index (κ2) is 5.79. The van der Waals surface area contributed by atoms with E-state index in [1.807, 2.05) is 24.0 Å². The average molecular weight is 237 g/mol. The molecule has 3 N–H and O–H groups in total. The third kappa shape index (κ3) is 3.54. The van der Waals surface area contributed by atoms with Crippen molar-refractivity contribution in [2.45, 2.75) is 19.5 Å². The molecule has 1 aliphatic heterocycles.